The van der Waals surface area contributed by atoms with E-state index in [1.807, 2.05) is 31.2 Å². The van der Waals surface area contributed by atoms with Gasteiger partial charge in [0, 0.05) is 12.8 Å². The van der Waals surface area contributed by atoms with Crippen molar-refractivity contribution in [1.29, 1.82) is 0 Å². The molecule has 76 valence electrons. The molecule has 14 heavy (non-hydrogen) atoms. The van der Waals surface area contributed by atoms with Crippen molar-refractivity contribution >= 4 is 11.6 Å². The van der Waals surface area contributed by atoms with Crippen LogP contribution in [0.3, 0.4) is 0 Å². The van der Waals surface area contributed by atoms with E-state index >= 15 is 0 Å². The predicted octanol–water partition coefficient (Wildman–Crippen LogP) is 1.97. The Balaban J connectivity index is 2.60. The number of amides is 1. The van der Waals surface area contributed by atoms with Gasteiger partial charge in [-0.2, -0.15) is 0 Å². The Labute approximate surface area is 84.1 Å². The Kier molecular flexibility index (Phi) is 3.65. The van der Waals surface area contributed by atoms with E-state index in [1.54, 1.807) is 6.92 Å². The molecule has 1 atom stereocenters. The number of rotatable bonds is 3. The SMILES string of the molecule is COC(C)C(=O)Nc1ccc(C)cc1. The van der Waals surface area contributed by atoms with Gasteiger partial charge in [0.25, 0.3) is 5.91 Å². The van der Waals surface area contributed by atoms with Crippen LogP contribution in [0.25, 0.3) is 0 Å². The van der Waals surface area contributed by atoms with Crippen molar-refractivity contribution in [1.82, 2.24) is 0 Å². The standard InChI is InChI=1S/C11H15NO2/c1-8-4-6-10(7-5-8)12-11(13)9(2)14-3/h4-7,9H,1-3H3,(H,12,13). The summed E-state index contributed by atoms with van der Waals surface area (Å²) in [4.78, 5) is 11.4. The predicted molar refractivity (Wildman–Crippen MR) is 56.3 cm³/mol. The third kappa shape index (κ3) is 2.85. The van der Waals surface area contributed by atoms with Gasteiger partial charge in [0.15, 0.2) is 0 Å². The molecule has 1 amide bonds. The van der Waals surface area contributed by atoms with Gasteiger partial charge in [-0.25, -0.2) is 0 Å². The summed E-state index contributed by atoms with van der Waals surface area (Å²) in [6, 6.07) is 7.64. The van der Waals surface area contributed by atoms with Gasteiger partial charge in [-0.15, -0.1) is 0 Å². The maximum atomic E-state index is 11.4. The van der Waals surface area contributed by atoms with Crippen LogP contribution in [0.15, 0.2) is 24.3 Å². The van der Waals surface area contributed by atoms with Gasteiger partial charge >= 0.3 is 0 Å². The number of hydrogen-bond acceptors (Lipinski definition) is 2. The van der Waals surface area contributed by atoms with Gasteiger partial charge in [0.05, 0.1) is 0 Å². The fourth-order valence-corrected chi connectivity index (χ4v) is 0.988. The Morgan fingerprint density at radius 3 is 2.43 bits per heavy atom. The maximum absolute atomic E-state index is 11.4. The lowest BCUT2D eigenvalue weighted by atomic mass is 10.2. The van der Waals surface area contributed by atoms with Crippen LogP contribution in [0.1, 0.15) is 12.5 Å². The summed E-state index contributed by atoms with van der Waals surface area (Å²) >= 11 is 0. The number of aryl methyl sites for hydroxylation is 1. The third-order valence-corrected chi connectivity index (χ3v) is 2.04. The molecule has 3 nitrogen and oxygen atoms in total. The Morgan fingerprint density at radius 2 is 1.93 bits per heavy atom. The molecule has 0 saturated heterocycles. The molecule has 0 aliphatic rings. The Morgan fingerprint density at radius 1 is 1.36 bits per heavy atom. The Bertz CT molecular complexity index is 306. The van der Waals surface area contributed by atoms with Gasteiger partial charge in [-0.1, -0.05) is 17.7 Å². The highest BCUT2D eigenvalue weighted by molar-refractivity contribution is 5.93. The van der Waals surface area contributed by atoms with Crippen LogP contribution in [0.4, 0.5) is 5.69 Å². The molecular weight excluding hydrogens is 178 g/mol. The van der Waals surface area contributed by atoms with Crippen LogP contribution in [0.2, 0.25) is 0 Å². The second kappa shape index (κ2) is 4.77. The molecule has 0 fully saturated rings. The molecule has 1 aromatic rings. The topological polar surface area (TPSA) is 38.3 Å². The van der Waals surface area contributed by atoms with Crippen LogP contribution in [-0.4, -0.2) is 19.1 Å². The Hall–Kier alpha value is -1.35. The van der Waals surface area contributed by atoms with Gasteiger partial charge in [-0.3, -0.25) is 4.79 Å². The molecule has 0 bridgehead atoms. The molecule has 1 rings (SSSR count). The number of hydrogen-bond donors (Lipinski definition) is 1. The van der Waals surface area contributed by atoms with Crippen LogP contribution >= 0.6 is 0 Å². The smallest absolute Gasteiger partial charge is 0.253 e. The maximum Gasteiger partial charge on any atom is 0.253 e. The summed E-state index contributed by atoms with van der Waals surface area (Å²) in [7, 11) is 1.51. The fourth-order valence-electron chi connectivity index (χ4n) is 0.988. The van der Waals surface area contributed by atoms with Crippen LogP contribution in [0, 0.1) is 6.92 Å². The average Bonchev–Trinajstić information content (AvgIpc) is 2.20. The lowest BCUT2D eigenvalue weighted by Gasteiger charge is -2.10. The quantitative estimate of drug-likeness (QED) is 0.797. The molecule has 0 aliphatic carbocycles. The van der Waals surface area contributed by atoms with Crippen LogP contribution in [-0.2, 0) is 9.53 Å². The first kappa shape index (κ1) is 10.7. The largest absolute Gasteiger partial charge is 0.372 e. The number of nitrogens with one attached hydrogen (secondary N) is 1. The third-order valence-electron chi connectivity index (χ3n) is 2.04. The van der Waals surface area contributed by atoms with Crippen molar-refractivity contribution in [2.45, 2.75) is 20.0 Å². The molecule has 0 spiro atoms. The minimum Gasteiger partial charge on any atom is -0.372 e. The number of methoxy groups -OCH3 is 1. The first-order valence-corrected chi connectivity index (χ1v) is 4.54. The number of benzene rings is 1. The van der Waals surface area contributed by atoms with Crippen molar-refractivity contribution in [2.24, 2.45) is 0 Å². The highest BCUT2D eigenvalue weighted by Crippen LogP contribution is 2.09. The molecule has 1 unspecified atom stereocenters. The van der Waals surface area contributed by atoms with Crippen molar-refractivity contribution in [3.8, 4) is 0 Å². The van der Waals surface area contributed by atoms with Crippen molar-refractivity contribution in [3.05, 3.63) is 29.8 Å². The molecule has 0 aliphatic heterocycles. The van der Waals surface area contributed by atoms with Crippen molar-refractivity contribution < 1.29 is 9.53 Å². The van der Waals surface area contributed by atoms with Gasteiger partial charge < -0.3 is 10.1 Å². The van der Waals surface area contributed by atoms with E-state index in [0.29, 0.717) is 0 Å². The van der Waals surface area contributed by atoms with Crippen LogP contribution < -0.4 is 5.32 Å². The molecule has 0 aromatic heterocycles. The zero-order chi connectivity index (χ0) is 10.6. The van der Waals surface area contributed by atoms with Gasteiger partial charge in [-0.05, 0) is 26.0 Å². The number of ether oxygens (including phenoxy) is 1. The normalized spacial score (nSPS) is 12.2. The second-order valence-electron chi connectivity index (χ2n) is 3.23. The zero-order valence-corrected chi connectivity index (χ0v) is 8.70. The van der Waals surface area contributed by atoms with E-state index in [-0.39, 0.29) is 5.91 Å². The summed E-state index contributed by atoms with van der Waals surface area (Å²) in [6.45, 7) is 3.72. The van der Waals surface area contributed by atoms with E-state index < -0.39 is 6.10 Å². The summed E-state index contributed by atoms with van der Waals surface area (Å²) in [5.41, 5.74) is 1.97. The highest BCUT2D eigenvalue weighted by atomic mass is 16.5. The fraction of sp³-hybridized carbons (Fsp3) is 0.364. The summed E-state index contributed by atoms with van der Waals surface area (Å²) in [6.07, 6.45) is -0.420. The lowest BCUT2D eigenvalue weighted by Crippen LogP contribution is -2.26. The molecule has 3 heteroatoms. The van der Waals surface area contributed by atoms with E-state index in [0.717, 1.165) is 5.69 Å². The van der Waals surface area contributed by atoms with E-state index in [4.69, 9.17) is 4.74 Å². The monoisotopic (exact) mass is 193 g/mol. The first-order chi connectivity index (χ1) is 6.63. The number of carbonyl (C=O) groups is 1. The minimum absolute atomic E-state index is 0.128. The molecule has 1 N–H and O–H groups in total. The van der Waals surface area contributed by atoms with Gasteiger partial charge in [0.1, 0.15) is 6.10 Å². The summed E-state index contributed by atoms with van der Waals surface area (Å²) in [5.74, 6) is -0.128. The first-order valence-electron chi connectivity index (χ1n) is 4.54. The molecule has 0 heterocycles. The second-order valence-corrected chi connectivity index (χ2v) is 3.23. The van der Waals surface area contributed by atoms with Crippen molar-refractivity contribution in [2.75, 3.05) is 12.4 Å². The highest BCUT2D eigenvalue weighted by Gasteiger charge is 2.10. The van der Waals surface area contributed by atoms with Crippen molar-refractivity contribution in [3.63, 3.8) is 0 Å². The average molecular weight is 193 g/mol. The van der Waals surface area contributed by atoms with E-state index in [9.17, 15) is 4.79 Å². The minimum atomic E-state index is -0.420. The summed E-state index contributed by atoms with van der Waals surface area (Å²) in [5, 5.41) is 2.76. The van der Waals surface area contributed by atoms with E-state index in [2.05, 4.69) is 5.32 Å². The molecule has 0 radical (unpaired) electrons. The lowest BCUT2D eigenvalue weighted by molar-refractivity contribution is -0.124. The molecule has 1 aromatic carbocycles. The van der Waals surface area contributed by atoms with E-state index in [1.165, 1.54) is 12.7 Å². The summed E-state index contributed by atoms with van der Waals surface area (Å²) < 4.78 is 4.90. The number of anilines is 1. The zero-order valence-electron chi connectivity index (χ0n) is 8.70. The molecule has 0 saturated carbocycles. The van der Waals surface area contributed by atoms with Crippen LogP contribution in [0.5, 0.6) is 0 Å². The van der Waals surface area contributed by atoms with Gasteiger partial charge in [0.2, 0.25) is 0 Å². The molecular formula is C11H15NO2. The number of carbonyl (C=O) groups excluding carboxylic acids is 1.